The van der Waals surface area contributed by atoms with Gasteiger partial charge in [-0.2, -0.15) is 0 Å². The lowest BCUT2D eigenvalue weighted by molar-refractivity contribution is 0.184. The Morgan fingerprint density at radius 3 is 2.88 bits per heavy atom. The van der Waals surface area contributed by atoms with E-state index in [0.29, 0.717) is 19.0 Å². The highest BCUT2D eigenvalue weighted by Gasteiger charge is 2.09. The first-order valence-electron chi connectivity index (χ1n) is 5.53. The summed E-state index contributed by atoms with van der Waals surface area (Å²) in [5, 5.41) is 3.10. The van der Waals surface area contributed by atoms with Crippen molar-refractivity contribution in [2.24, 2.45) is 0 Å². The predicted molar refractivity (Wildman–Crippen MR) is 63.7 cm³/mol. The Morgan fingerprint density at radius 2 is 2.31 bits per heavy atom. The summed E-state index contributed by atoms with van der Waals surface area (Å²) >= 11 is 0. The monoisotopic (exact) mass is 225 g/mol. The maximum Gasteiger partial charge on any atom is 0.293 e. The van der Waals surface area contributed by atoms with Gasteiger partial charge in [0.1, 0.15) is 0 Å². The fourth-order valence-corrected chi connectivity index (χ4v) is 1.45. The van der Waals surface area contributed by atoms with Crippen LogP contribution in [0.25, 0.3) is 0 Å². The third kappa shape index (κ3) is 3.06. The van der Waals surface area contributed by atoms with E-state index in [1.165, 1.54) is 0 Å². The van der Waals surface area contributed by atoms with Gasteiger partial charge >= 0.3 is 0 Å². The molecule has 0 aliphatic rings. The highest BCUT2D eigenvalue weighted by atomic mass is 16.5. The fourth-order valence-electron chi connectivity index (χ4n) is 1.45. The summed E-state index contributed by atoms with van der Waals surface area (Å²) in [5.41, 5.74) is -0.0837. The van der Waals surface area contributed by atoms with E-state index in [1.807, 2.05) is 13.8 Å². The van der Waals surface area contributed by atoms with Gasteiger partial charge in [0, 0.05) is 26.0 Å². The molecule has 0 saturated carbocycles. The summed E-state index contributed by atoms with van der Waals surface area (Å²) in [5.74, 6) is 0.397. The zero-order chi connectivity index (χ0) is 12.0. The van der Waals surface area contributed by atoms with Crippen molar-refractivity contribution in [2.75, 3.05) is 19.0 Å². The van der Waals surface area contributed by atoms with Crippen LogP contribution in [0, 0.1) is 0 Å². The van der Waals surface area contributed by atoms with Crippen molar-refractivity contribution in [1.29, 1.82) is 0 Å². The van der Waals surface area contributed by atoms with Crippen LogP contribution in [0.1, 0.15) is 20.3 Å². The van der Waals surface area contributed by atoms with Crippen LogP contribution in [0.15, 0.2) is 17.2 Å². The Balaban J connectivity index is 2.84. The number of hydrogen-bond donors (Lipinski definition) is 1. The first-order chi connectivity index (χ1) is 7.72. The first kappa shape index (κ1) is 12.7. The Kier molecular flexibility index (Phi) is 4.98. The largest absolute Gasteiger partial charge is 0.383 e. The molecule has 90 valence electrons. The number of anilines is 1. The van der Waals surface area contributed by atoms with Crippen LogP contribution < -0.4 is 10.9 Å². The molecular weight excluding hydrogens is 206 g/mol. The molecule has 5 heteroatoms. The molecule has 0 aliphatic carbocycles. The van der Waals surface area contributed by atoms with Crippen LogP contribution >= 0.6 is 0 Å². The lowest BCUT2D eigenvalue weighted by Gasteiger charge is -2.16. The van der Waals surface area contributed by atoms with Gasteiger partial charge in [-0.1, -0.05) is 6.92 Å². The molecule has 1 rings (SSSR count). The van der Waals surface area contributed by atoms with E-state index < -0.39 is 0 Å². The molecule has 0 radical (unpaired) electrons. The standard InChI is InChI=1S/C11H19N3O2/c1-4-9(8-16-3)13-10-11(15)14(5-2)7-6-12-10/h6-7,9H,4-5,8H2,1-3H3,(H,12,13). The van der Waals surface area contributed by atoms with E-state index >= 15 is 0 Å². The molecule has 16 heavy (non-hydrogen) atoms. The quantitative estimate of drug-likeness (QED) is 0.787. The van der Waals surface area contributed by atoms with E-state index in [4.69, 9.17) is 4.74 Å². The minimum Gasteiger partial charge on any atom is -0.383 e. The number of aryl methyl sites for hydroxylation is 1. The molecule has 1 aromatic rings. The summed E-state index contributed by atoms with van der Waals surface area (Å²) in [4.78, 5) is 15.9. The Hall–Kier alpha value is -1.36. The first-order valence-corrected chi connectivity index (χ1v) is 5.53. The average Bonchev–Trinajstić information content (AvgIpc) is 2.31. The van der Waals surface area contributed by atoms with Gasteiger partial charge < -0.3 is 14.6 Å². The molecule has 1 heterocycles. The molecule has 0 fully saturated rings. The van der Waals surface area contributed by atoms with Crippen molar-refractivity contribution < 1.29 is 4.74 Å². The number of ether oxygens (including phenoxy) is 1. The number of hydrogen-bond acceptors (Lipinski definition) is 4. The van der Waals surface area contributed by atoms with E-state index in [9.17, 15) is 4.79 Å². The molecule has 1 atom stereocenters. The second-order valence-electron chi connectivity index (χ2n) is 3.57. The number of methoxy groups -OCH3 is 1. The maximum atomic E-state index is 11.9. The van der Waals surface area contributed by atoms with Crippen molar-refractivity contribution in [3.05, 3.63) is 22.7 Å². The molecule has 0 aliphatic heterocycles. The summed E-state index contributed by atoms with van der Waals surface area (Å²) in [7, 11) is 1.65. The van der Waals surface area contributed by atoms with Crippen LogP contribution in [0.2, 0.25) is 0 Å². The molecule has 0 amide bonds. The molecule has 5 nitrogen and oxygen atoms in total. The molecule has 1 unspecified atom stereocenters. The van der Waals surface area contributed by atoms with Crippen LogP contribution in [-0.4, -0.2) is 29.3 Å². The van der Waals surface area contributed by atoms with Crippen LogP contribution in [-0.2, 0) is 11.3 Å². The minimum atomic E-state index is -0.0837. The number of nitrogens with zero attached hydrogens (tertiary/aromatic N) is 2. The van der Waals surface area contributed by atoms with Crippen molar-refractivity contribution in [3.8, 4) is 0 Å². The van der Waals surface area contributed by atoms with Crippen molar-refractivity contribution in [2.45, 2.75) is 32.9 Å². The lowest BCUT2D eigenvalue weighted by Crippen LogP contribution is -2.31. The van der Waals surface area contributed by atoms with E-state index in [0.717, 1.165) is 6.42 Å². The van der Waals surface area contributed by atoms with Gasteiger partial charge in [-0.05, 0) is 13.3 Å². The van der Waals surface area contributed by atoms with Gasteiger partial charge in [0.05, 0.1) is 12.6 Å². The van der Waals surface area contributed by atoms with E-state index in [2.05, 4.69) is 10.3 Å². The van der Waals surface area contributed by atoms with Crippen molar-refractivity contribution >= 4 is 5.82 Å². The Bertz CT molecular complexity index is 376. The molecule has 0 aromatic carbocycles. The highest BCUT2D eigenvalue weighted by Crippen LogP contribution is 2.01. The molecule has 0 saturated heterocycles. The van der Waals surface area contributed by atoms with Crippen LogP contribution in [0.3, 0.4) is 0 Å². The normalized spacial score (nSPS) is 12.4. The number of aromatic nitrogens is 2. The summed E-state index contributed by atoms with van der Waals surface area (Å²) in [6.45, 7) is 5.19. The van der Waals surface area contributed by atoms with Crippen molar-refractivity contribution in [3.63, 3.8) is 0 Å². The minimum absolute atomic E-state index is 0.0837. The summed E-state index contributed by atoms with van der Waals surface area (Å²) in [6.07, 6.45) is 4.20. The second kappa shape index (κ2) is 6.27. The van der Waals surface area contributed by atoms with Gasteiger partial charge in [0.25, 0.3) is 5.56 Å². The fraction of sp³-hybridized carbons (Fsp3) is 0.636. The van der Waals surface area contributed by atoms with Gasteiger partial charge in [-0.3, -0.25) is 4.79 Å². The SMILES string of the molecule is CCC(COC)Nc1nccn(CC)c1=O. The average molecular weight is 225 g/mol. The van der Waals surface area contributed by atoms with Gasteiger partial charge in [0.15, 0.2) is 5.82 Å². The molecular formula is C11H19N3O2. The molecule has 1 aromatic heterocycles. The van der Waals surface area contributed by atoms with Gasteiger partial charge in [0.2, 0.25) is 0 Å². The Morgan fingerprint density at radius 1 is 1.56 bits per heavy atom. The molecule has 0 spiro atoms. The molecule has 1 N–H and O–H groups in total. The Labute approximate surface area is 95.5 Å². The van der Waals surface area contributed by atoms with E-state index in [-0.39, 0.29) is 11.6 Å². The topological polar surface area (TPSA) is 56.1 Å². The zero-order valence-corrected chi connectivity index (χ0v) is 10.1. The van der Waals surface area contributed by atoms with Gasteiger partial charge in [-0.15, -0.1) is 0 Å². The summed E-state index contributed by atoms with van der Waals surface area (Å²) in [6, 6.07) is 0.123. The summed E-state index contributed by atoms with van der Waals surface area (Å²) < 4.78 is 6.68. The third-order valence-electron chi connectivity index (χ3n) is 2.46. The number of rotatable bonds is 6. The van der Waals surface area contributed by atoms with Gasteiger partial charge in [-0.25, -0.2) is 4.98 Å². The highest BCUT2D eigenvalue weighted by molar-refractivity contribution is 5.32. The smallest absolute Gasteiger partial charge is 0.293 e. The zero-order valence-electron chi connectivity index (χ0n) is 10.1. The number of nitrogens with one attached hydrogen (secondary N) is 1. The molecule has 0 bridgehead atoms. The maximum absolute atomic E-state index is 11.9. The lowest BCUT2D eigenvalue weighted by atomic mass is 10.2. The van der Waals surface area contributed by atoms with Crippen LogP contribution in [0.4, 0.5) is 5.82 Å². The third-order valence-corrected chi connectivity index (χ3v) is 2.46. The van der Waals surface area contributed by atoms with Crippen LogP contribution in [0.5, 0.6) is 0 Å². The van der Waals surface area contributed by atoms with Crippen molar-refractivity contribution in [1.82, 2.24) is 9.55 Å². The second-order valence-corrected chi connectivity index (χ2v) is 3.57. The predicted octanol–water partition coefficient (Wildman–Crippen LogP) is 1.10. The van der Waals surface area contributed by atoms with E-state index in [1.54, 1.807) is 24.1 Å².